The molecule has 0 aliphatic heterocycles. The monoisotopic (exact) mass is 392 g/mol. The summed E-state index contributed by atoms with van der Waals surface area (Å²) in [6.45, 7) is 5.13. The Bertz CT molecular complexity index is 875. The van der Waals surface area contributed by atoms with Gasteiger partial charge in [-0.15, -0.1) is 0 Å². The molecule has 2 amide bonds. The minimum Gasteiger partial charge on any atom is -0.548 e. The van der Waals surface area contributed by atoms with Crippen LogP contribution in [0.4, 0.5) is 0 Å². The summed E-state index contributed by atoms with van der Waals surface area (Å²) in [5.74, 6) is -2.25. The Morgan fingerprint density at radius 2 is 1.81 bits per heavy atom. The van der Waals surface area contributed by atoms with Gasteiger partial charge in [0.15, 0.2) is 0 Å². The Hall–Kier alpha value is -2.54. The summed E-state index contributed by atoms with van der Waals surface area (Å²) in [6, 6.07) is 5.00. The maximum Gasteiger partial charge on any atom is 0.268 e. The predicted molar refractivity (Wildman–Crippen MR) is 101 cm³/mol. The van der Waals surface area contributed by atoms with Crippen LogP contribution < -0.4 is 15.7 Å². The molecule has 146 valence electrons. The molecule has 0 aliphatic rings. The quantitative estimate of drug-likeness (QED) is 0.739. The molecule has 27 heavy (non-hydrogen) atoms. The fourth-order valence-electron chi connectivity index (χ4n) is 2.85. The van der Waals surface area contributed by atoms with Gasteiger partial charge in [-0.05, 0) is 43.5 Å². The van der Waals surface area contributed by atoms with Gasteiger partial charge in [0.1, 0.15) is 11.7 Å². The molecular weight excluding hydrogens is 370 g/mol. The SMILES string of the molecule is CC(C)C[C@H](NC(=O)c1cc2cc(Cl)ccc2n1C)C(=O)N[C@@H](C)C(=O)[O-]. The normalized spacial score (nSPS) is 13.4. The Kier molecular flexibility index (Phi) is 6.49. The highest BCUT2D eigenvalue weighted by Crippen LogP contribution is 2.22. The summed E-state index contributed by atoms with van der Waals surface area (Å²) < 4.78 is 1.72. The lowest BCUT2D eigenvalue weighted by molar-refractivity contribution is -0.307. The number of hydrogen-bond acceptors (Lipinski definition) is 4. The number of aliphatic carboxylic acids is 1. The van der Waals surface area contributed by atoms with Crippen molar-refractivity contribution >= 4 is 40.3 Å². The zero-order chi connectivity index (χ0) is 20.3. The van der Waals surface area contributed by atoms with E-state index in [1.54, 1.807) is 29.8 Å². The van der Waals surface area contributed by atoms with Crippen molar-refractivity contribution in [2.24, 2.45) is 13.0 Å². The van der Waals surface area contributed by atoms with Crippen molar-refractivity contribution in [1.29, 1.82) is 0 Å². The minimum atomic E-state index is -1.39. The number of hydrogen-bond donors (Lipinski definition) is 2. The number of halogens is 1. The van der Waals surface area contributed by atoms with Crippen LogP contribution in [0.5, 0.6) is 0 Å². The minimum absolute atomic E-state index is 0.116. The highest BCUT2D eigenvalue weighted by molar-refractivity contribution is 6.31. The number of aromatic nitrogens is 1. The average molecular weight is 393 g/mol. The van der Waals surface area contributed by atoms with E-state index >= 15 is 0 Å². The van der Waals surface area contributed by atoms with Crippen molar-refractivity contribution in [3.05, 3.63) is 35.0 Å². The van der Waals surface area contributed by atoms with Crippen molar-refractivity contribution in [2.45, 2.75) is 39.3 Å². The number of carboxylic acid groups (broad SMARTS) is 1. The van der Waals surface area contributed by atoms with Crippen LogP contribution in [0.1, 0.15) is 37.7 Å². The largest absolute Gasteiger partial charge is 0.548 e. The standard InChI is InChI=1S/C19H24ClN3O4/c1-10(2)7-14(17(24)21-11(3)19(26)27)22-18(25)16-9-12-8-13(20)5-6-15(12)23(16)4/h5-6,8-11,14H,7H2,1-4H3,(H,21,24)(H,22,25)(H,26,27)/p-1/t11-,14-/m0/s1. The Morgan fingerprint density at radius 1 is 1.15 bits per heavy atom. The highest BCUT2D eigenvalue weighted by atomic mass is 35.5. The van der Waals surface area contributed by atoms with Crippen LogP contribution in [0.2, 0.25) is 5.02 Å². The first kappa shape index (κ1) is 20.8. The molecule has 0 radical (unpaired) electrons. The summed E-state index contributed by atoms with van der Waals surface area (Å²) in [4.78, 5) is 36.1. The zero-order valence-corrected chi connectivity index (χ0v) is 16.5. The third-order valence-corrected chi connectivity index (χ3v) is 4.51. The second-order valence-corrected chi connectivity index (χ2v) is 7.43. The second-order valence-electron chi connectivity index (χ2n) is 7.00. The van der Waals surface area contributed by atoms with E-state index in [9.17, 15) is 19.5 Å². The molecule has 0 saturated heterocycles. The molecule has 0 aliphatic carbocycles. The molecule has 2 rings (SSSR count). The maximum absolute atomic E-state index is 12.8. The molecular formula is C19H23ClN3O4-. The molecule has 0 bridgehead atoms. The van der Waals surface area contributed by atoms with Gasteiger partial charge in [0.25, 0.3) is 5.91 Å². The molecule has 0 spiro atoms. The van der Waals surface area contributed by atoms with Gasteiger partial charge in [-0.3, -0.25) is 9.59 Å². The molecule has 1 heterocycles. The number of carboxylic acids is 1. The van der Waals surface area contributed by atoms with Crippen molar-refractivity contribution in [3.8, 4) is 0 Å². The van der Waals surface area contributed by atoms with Crippen LogP contribution in [0.25, 0.3) is 10.9 Å². The molecule has 2 aromatic rings. The van der Waals surface area contributed by atoms with E-state index in [-0.39, 0.29) is 5.92 Å². The molecule has 1 aromatic heterocycles. The molecule has 1 aromatic carbocycles. The highest BCUT2D eigenvalue weighted by Gasteiger charge is 2.25. The summed E-state index contributed by atoms with van der Waals surface area (Å²) in [7, 11) is 1.75. The van der Waals surface area contributed by atoms with Crippen LogP contribution in [0, 0.1) is 5.92 Å². The van der Waals surface area contributed by atoms with Gasteiger partial charge in [-0.2, -0.15) is 0 Å². The Labute approximate surface area is 162 Å². The molecule has 2 N–H and O–H groups in total. The van der Waals surface area contributed by atoms with E-state index in [1.165, 1.54) is 6.92 Å². The predicted octanol–water partition coefficient (Wildman–Crippen LogP) is 1.23. The zero-order valence-electron chi connectivity index (χ0n) is 15.7. The maximum atomic E-state index is 12.8. The molecule has 8 heteroatoms. The van der Waals surface area contributed by atoms with E-state index in [2.05, 4.69) is 10.6 Å². The third kappa shape index (κ3) is 5.01. The van der Waals surface area contributed by atoms with Gasteiger partial charge in [0, 0.05) is 23.0 Å². The molecule has 0 saturated carbocycles. The van der Waals surface area contributed by atoms with E-state index in [4.69, 9.17) is 11.6 Å². The number of fused-ring (bicyclic) bond motifs is 1. The number of aryl methyl sites for hydroxylation is 1. The fourth-order valence-corrected chi connectivity index (χ4v) is 3.03. The first-order valence-electron chi connectivity index (χ1n) is 8.67. The number of benzene rings is 1. The number of nitrogens with zero attached hydrogens (tertiary/aromatic N) is 1. The van der Waals surface area contributed by atoms with Crippen LogP contribution in [0.3, 0.4) is 0 Å². The Morgan fingerprint density at radius 3 is 2.41 bits per heavy atom. The number of rotatable bonds is 7. The van der Waals surface area contributed by atoms with Gasteiger partial charge < -0.3 is 25.1 Å². The molecule has 2 atom stereocenters. The van der Waals surface area contributed by atoms with Crippen LogP contribution in [0.15, 0.2) is 24.3 Å². The van der Waals surface area contributed by atoms with Gasteiger partial charge in [-0.25, -0.2) is 0 Å². The van der Waals surface area contributed by atoms with Crippen molar-refractivity contribution in [3.63, 3.8) is 0 Å². The molecule has 7 nitrogen and oxygen atoms in total. The van der Waals surface area contributed by atoms with Crippen molar-refractivity contribution < 1.29 is 19.5 Å². The van der Waals surface area contributed by atoms with E-state index in [0.717, 1.165) is 10.9 Å². The molecule has 0 fully saturated rings. The van der Waals surface area contributed by atoms with E-state index in [1.807, 2.05) is 19.9 Å². The number of carbonyl (C=O) groups is 3. The van der Waals surface area contributed by atoms with Crippen LogP contribution in [-0.4, -0.2) is 34.4 Å². The topological polar surface area (TPSA) is 103 Å². The lowest BCUT2D eigenvalue weighted by atomic mass is 10.0. The average Bonchev–Trinajstić information content (AvgIpc) is 2.89. The lowest BCUT2D eigenvalue weighted by Crippen LogP contribution is -2.53. The van der Waals surface area contributed by atoms with Crippen LogP contribution in [-0.2, 0) is 16.6 Å². The van der Waals surface area contributed by atoms with Crippen LogP contribution >= 0.6 is 11.6 Å². The fraction of sp³-hybridized carbons (Fsp3) is 0.421. The summed E-state index contributed by atoms with van der Waals surface area (Å²) >= 11 is 6.00. The van der Waals surface area contributed by atoms with E-state index < -0.39 is 29.9 Å². The number of amides is 2. The van der Waals surface area contributed by atoms with Crippen molar-refractivity contribution in [1.82, 2.24) is 15.2 Å². The lowest BCUT2D eigenvalue weighted by Gasteiger charge is -2.23. The summed E-state index contributed by atoms with van der Waals surface area (Å²) in [6.07, 6.45) is 0.368. The summed E-state index contributed by atoms with van der Waals surface area (Å²) in [5.41, 5.74) is 1.21. The van der Waals surface area contributed by atoms with Gasteiger partial charge in [-0.1, -0.05) is 25.4 Å². The van der Waals surface area contributed by atoms with Gasteiger partial charge >= 0.3 is 0 Å². The van der Waals surface area contributed by atoms with Gasteiger partial charge in [0.2, 0.25) is 5.91 Å². The Balaban J connectivity index is 2.24. The summed E-state index contributed by atoms with van der Waals surface area (Å²) in [5, 5.41) is 17.3. The van der Waals surface area contributed by atoms with E-state index in [0.29, 0.717) is 17.1 Å². The first-order valence-corrected chi connectivity index (χ1v) is 9.05. The van der Waals surface area contributed by atoms with Crippen molar-refractivity contribution in [2.75, 3.05) is 0 Å². The second kappa shape index (κ2) is 8.43. The number of nitrogens with one attached hydrogen (secondary N) is 2. The van der Waals surface area contributed by atoms with Gasteiger partial charge in [0.05, 0.1) is 12.0 Å². The smallest absolute Gasteiger partial charge is 0.268 e. The number of carbonyl (C=O) groups excluding carboxylic acids is 3. The first-order chi connectivity index (χ1) is 12.6. The third-order valence-electron chi connectivity index (χ3n) is 4.28. The molecule has 0 unspecified atom stereocenters.